The molecule has 3 amide bonds. The Balaban J connectivity index is 1.75. The predicted molar refractivity (Wildman–Crippen MR) is 123 cm³/mol. The monoisotopic (exact) mass is 458 g/mol. The van der Waals surface area contributed by atoms with Crippen molar-refractivity contribution in [3.05, 3.63) is 42.2 Å². The SMILES string of the molecule is C[C@@H]1CN([C@H](C)CO)C(=O)CCCn2cc(nn2)CO[C@H]1CN(C)C(=O)Nc1ccccc1. The number of ether oxygens (including phenoxy) is 1. The summed E-state index contributed by atoms with van der Waals surface area (Å²) in [6.45, 7) is 5.30. The largest absolute Gasteiger partial charge is 0.394 e. The number of likely N-dealkylation sites (N-methyl/N-ethyl adjacent to an activating group) is 1. The number of nitrogens with zero attached hydrogens (tertiary/aromatic N) is 5. The Bertz CT molecular complexity index is 905. The van der Waals surface area contributed by atoms with Crippen molar-refractivity contribution in [1.29, 1.82) is 0 Å². The third kappa shape index (κ3) is 7.00. The van der Waals surface area contributed by atoms with E-state index in [-0.39, 0.29) is 43.2 Å². The van der Waals surface area contributed by atoms with Crippen molar-refractivity contribution >= 4 is 17.6 Å². The summed E-state index contributed by atoms with van der Waals surface area (Å²) in [6, 6.07) is 8.71. The summed E-state index contributed by atoms with van der Waals surface area (Å²) in [5.74, 6) is -0.109. The van der Waals surface area contributed by atoms with Crippen LogP contribution in [0, 0.1) is 5.92 Å². The molecule has 10 nitrogen and oxygen atoms in total. The minimum Gasteiger partial charge on any atom is -0.394 e. The maximum atomic E-state index is 12.9. The fraction of sp³-hybridized carbons (Fsp3) is 0.565. The van der Waals surface area contributed by atoms with Gasteiger partial charge in [-0.1, -0.05) is 30.3 Å². The molecule has 0 fully saturated rings. The molecule has 0 spiro atoms. The van der Waals surface area contributed by atoms with Crippen molar-refractivity contribution in [2.24, 2.45) is 5.92 Å². The number of para-hydroxylation sites is 1. The van der Waals surface area contributed by atoms with Crippen LogP contribution in [-0.2, 0) is 22.7 Å². The molecule has 3 rings (SSSR count). The first kappa shape index (κ1) is 24.7. The first-order valence-corrected chi connectivity index (χ1v) is 11.4. The number of aliphatic hydroxyl groups is 1. The Hall–Kier alpha value is -2.98. The van der Waals surface area contributed by atoms with Gasteiger partial charge in [0.25, 0.3) is 0 Å². The molecule has 0 aliphatic carbocycles. The minimum absolute atomic E-state index is 0.0167. The van der Waals surface area contributed by atoms with Crippen LogP contribution in [-0.4, -0.2) is 80.7 Å². The zero-order valence-corrected chi connectivity index (χ0v) is 19.6. The van der Waals surface area contributed by atoms with Crippen LogP contribution in [0.15, 0.2) is 36.5 Å². The van der Waals surface area contributed by atoms with Crippen LogP contribution < -0.4 is 5.32 Å². The number of carbonyl (C=O) groups is 2. The lowest BCUT2D eigenvalue weighted by molar-refractivity contribution is -0.136. The van der Waals surface area contributed by atoms with Crippen molar-refractivity contribution in [1.82, 2.24) is 24.8 Å². The van der Waals surface area contributed by atoms with Gasteiger partial charge in [0.2, 0.25) is 5.91 Å². The topological polar surface area (TPSA) is 113 Å². The number of nitrogens with one attached hydrogen (secondary N) is 1. The van der Waals surface area contributed by atoms with E-state index in [9.17, 15) is 14.7 Å². The van der Waals surface area contributed by atoms with E-state index in [1.54, 1.807) is 21.5 Å². The lowest BCUT2D eigenvalue weighted by atomic mass is 10.0. The van der Waals surface area contributed by atoms with Crippen molar-refractivity contribution in [3.8, 4) is 0 Å². The molecule has 2 N–H and O–H groups in total. The number of hydrogen-bond donors (Lipinski definition) is 2. The maximum absolute atomic E-state index is 12.9. The van der Waals surface area contributed by atoms with E-state index in [1.807, 2.05) is 50.4 Å². The highest BCUT2D eigenvalue weighted by atomic mass is 16.5. The molecule has 10 heteroatoms. The fourth-order valence-electron chi connectivity index (χ4n) is 3.79. The lowest BCUT2D eigenvalue weighted by Gasteiger charge is -2.35. The van der Waals surface area contributed by atoms with Gasteiger partial charge in [-0.2, -0.15) is 0 Å². The van der Waals surface area contributed by atoms with Crippen LogP contribution in [0.3, 0.4) is 0 Å². The zero-order valence-electron chi connectivity index (χ0n) is 19.6. The molecule has 33 heavy (non-hydrogen) atoms. The van der Waals surface area contributed by atoms with Crippen LogP contribution in [0.5, 0.6) is 0 Å². The van der Waals surface area contributed by atoms with Gasteiger partial charge in [0.15, 0.2) is 0 Å². The number of amides is 3. The van der Waals surface area contributed by atoms with E-state index in [0.29, 0.717) is 43.9 Å². The summed E-state index contributed by atoms with van der Waals surface area (Å²) >= 11 is 0. The molecule has 1 aliphatic heterocycles. The van der Waals surface area contributed by atoms with E-state index in [4.69, 9.17) is 4.74 Å². The van der Waals surface area contributed by atoms with Crippen LogP contribution in [0.1, 0.15) is 32.4 Å². The lowest BCUT2D eigenvalue weighted by Crippen LogP contribution is -2.48. The van der Waals surface area contributed by atoms with Gasteiger partial charge in [-0.25, -0.2) is 4.79 Å². The van der Waals surface area contributed by atoms with Gasteiger partial charge >= 0.3 is 6.03 Å². The molecular formula is C23H34N6O4. The average molecular weight is 459 g/mol. The van der Waals surface area contributed by atoms with Crippen molar-refractivity contribution in [2.45, 2.75) is 52.0 Å². The molecule has 0 saturated heterocycles. The summed E-state index contributed by atoms with van der Waals surface area (Å²) in [5, 5.41) is 20.8. The summed E-state index contributed by atoms with van der Waals surface area (Å²) in [6.07, 6.45) is 2.46. The van der Waals surface area contributed by atoms with E-state index < -0.39 is 0 Å². The second kappa shape index (κ2) is 11.8. The molecule has 2 bridgehead atoms. The van der Waals surface area contributed by atoms with Crippen molar-refractivity contribution in [3.63, 3.8) is 0 Å². The Morgan fingerprint density at radius 1 is 1.36 bits per heavy atom. The molecule has 1 aliphatic rings. The van der Waals surface area contributed by atoms with Gasteiger partial charge < -0.3 is 25.0 Å². The Kier molecular flexibility index (Phi) is 8.79. The number of rotatable bonds is 5. The first-order chi connectivity index (χ1) is 15.9. The number of aromatic nitrogens is 3. The Morgan fingerprint density at radius 2 is 2.12 bits per heavy atom. The zero-order chi connectivity index (χ0) is 23.8. The predicted octanol–water partition coefficient (Wildman–Crippen LogP) is 1.97. The van der Waals surface area contributed by atoms with E-state index in [2.05, 4.69) is 15.6 Å². The second-order valence-electron chi connectivity index (χ2n) is 8.66. The van der Waals surface area contributed by atoms with Crippen LogP contribution in [0.25, 0.3) is 0 Å². The number of urea groups is 1. The number of fused-ring (bicyclic) bond motifs is 2. The van der Waals surface area contributed by atoms with Crippen molar-refractivity contribution < 1.29 is 19.4 Å². The standard InChI is InChI=1S/C23H34N6O4/c1-17-12-29(18(2)15-30)22(31)10-7-11-28-13-20(25-26-28)16-33-21(17)14-27(3)23(32)24-19-8-5-4-6-9-19/h4-6,8-9,13,17-18,21,30H,7,10-12,14-16H2,1-3H3,(H,24,32)/t17-,18-,21+/m1/s1. The van der Waals surface area contributed by atoms with Crippen LogP contribution in [0.2, 0.25) is 0 Å². The van der Waals surface area contributed by atoms with Gasteiger partial charge in [-0.05, 0) is 25.5 Å². The number of aliphatic hydroxyl groups excluding tert-OH is 1. The fourth-order valence-corrected chi connectivity index (χ4v) is 3.79. The Morgan fingerprint density at radius 3 is 2.85 bits per heavy atom. The molecule has 2 heterocycles. The number of aryl methyl sites for hydroxylation is 1. The summed E-state index contributed by atoms with van der Waals surface area (Å²) < 4.78 is 7.91. The van der Waals surface area contributed by atoms with Crippen LogP contribution >= 0.6 is 0 Å². The van der Waals surface area contributed by atoms with Gasteiger partial charge in [0.1, 0.15) is 5.69 Å². The Labute approximate surface area is 194 Å². The molecule has 2 aromatic rings. The molecule has 3 atom stereocenters. The minimum atomic E-state index is -0.358. The molecule has 1 aromatic heterocycles. The quantitative estimate of drug-likeness (QED) is 0.708. The summed E-state index contributed by atoms with van der Waals surface area (Å²) in [5.41, 5.74) is 1.41. The molecule has 1 aromatic carbocycles. The summed E-state index contributed by atoms with van der Waals surface area (Å²) in [4.78, 5) is 28.9. The molecule has 180 valence electrons. The van der Waals surface area contributed by atoms with Gasteiger partial charge in [0, 0.05) is 44.7 Å². The molecular weight excluding hydrogens is 424 g/mol. The second-order valence-corrected chi connectivity index (χ2v) is 8.66. The summed E-state index contributed by atoms with van der Waals surface area (Å²) in [7, 11) is 1.71. The van der Waals surface area contributed by atoms with Gasteiger partial charge in [0.05, 0.1) is 31.6 Å². The molecule has 0 unspecified atom stereocenters. The van der Waals surface area contributed by atoms with Gasteiger partial charge in [-0.15, -0.1) is 5.10 Å². The third-order valence-corrected chi connectivity index (χ3v) is 5.87. The first-order valence-electron chi connectivity index (χ1n) is 11.4. The highest BCUT2D eigenvalue weighted by Crippen LogP contribution is 2.18. The van der Waals surface area contributed by atoms with E-state index in [1.165, 1.54) is 0 Å². The number of carbonyl (C=O) groups excluding carboxylic acids is 2. The highest BCUT2D eigenvalue weighted by molar-refractivity contribution is 5.89. The molecule has 0 saturated carbocycles. The highest BCUT2D eigenvalue weighted by Gasteiger charge is 2.28. The number of benzene rings is 1. The molecule has 0 radical (unpaired) electrons. The van der Waals surface area contributed by atoms with Gasteiger partial charge in [-0.3, -0.25) is 9.48 Å². The number of anilines is 1. The van der Waals surface area contributed by atoms with E-state index in [0.717, 1.165) is 0 Å². The smallest absolute Gasteiger partial charge is 0.321 e. The average Bonchev–Trinajstić information content (AvgIpc) is 3.27. The van der Waals surface area contributed by atoms with Crippen LogP contribution in [0.4, 0.5) is 10.5 Å². The normalized spacial score (nSPS) is 20.8. The third-order valence-electron chi connectivity index (χ3n) is 5.87. The van der Waals surface area contributed by atoms with E-state index >= 15 is 0 Å². The maximum Gasteiger partial charge on any atom is 0.321 e. The number of hydrogen-bond acceptors (Lipinski definition) is 6. The van der Waals surface area contributed by atoms with Crippen molar-refractivity contribution in [2.75, 3.05) is 32.1 Å².